The van der Waals surface area contributed by atoms with Crippen LogP contribution in [-0.4, -0.2) is 24.0 Å². The largest absolute Gasteiger partial charge is 0.355 e. The van der Waals surface area contributed by atoms with Gasteiger partial charge in [0, 0.05) is 30.7 Å². The Hall–Kier alpha value is -2.89. The van der Waals surface area contributed by atoms with E-state index in [0.717, 1.165) is 17.5 Å². The number of benzene rings is 1. The topological polar surface area (TPSA) is 83.1 Å². The Morgan fingerprint density at radius 1 is 1.17 bits per heavy atom. The molecule has 6 heteroatoms. The molecule has 126 valence electrons. The van der Waals surface area contributed by atoms with Gasteiger partial charge in [-0.05, 0) is 48.7 Å². The molecule has 2 rings (SSSR count). The minimum atomic E-state index is -0.309. The Labute approximate surface area is 141 Å². The minimum absolute atomic E-state index is 0.101. The smallest absolute Gasteiger partial charge is 0.319 e. The summed E-state index contributed by atoms with van der Waals surface area (Å²) in [6.07, 6.45) is 4.16. The van der Waals surface area contributed by atoms with Crippen LogP contribution < -0.4 is 16.0 Å². The summed E-state index contributed by atoms with van der Waals surface area (Å²) in [5.74, 6) is -0.181. The molecule has 0 saturated heterocycles. The van der Waals surface area contributed by atoms with Crippen LogP contribution in [-0.2, 0) is 0 Å². The van der Waals surface area contributed by atoms with Crippen LogP contribution in [0.2, 0.25) is 0 Å². The van der Waals surface area contributed by atoms with Gasteiger partial charge in [0.25, 0.3) is 5.91 Å². The molecule has 1 aromatic heterocycles. The van der Waals surface area contributed by atoms with Crippen molar-refractivity contribution >= 4 is 17.6 Å². The molecular weight excluding hydrogens is 304 g/mol. The number of aromatic nitrogens is 1. The summed E-state index contributed by atoms with van der Waals surface area (Å²) in [5.41, 5.74) is 2.87. The van der Waals surface area contributed by atoms with Crippen LogP contribution in [0.15, 0.2) is 42.7 Å². The maximum Gasteiger partial charge on any atom is 0.319 e. The standard InChI is InChI=1S/C18H22N4O2/c1-4-15(13-8-10-20-11-9-13)21-18(24)22-16-7-5-6-14(12(16)2)17(23)19-3/h5-11,15H,4H2,1-3H3,(H,19,23)(H2,21,22,24)/t15-/m1/s1. The lowest BCUT2D eigenvalue weighted by Crippen LogP contribution is -2.32. The third-order valence-corrected chi connectivity index (χ3v) is 3.88. The quantitative estimate of drug-likeness (QED) is 0.790. The molecule has 0 radical (unpaired) electrons. The van der Waals surface area contributed by atoms with Gasteiger partial charge < -0.3 is 16.0 Å². The molecule has 0 spiro atoms. The molecule has 3 N–H and O–H groups in total. The molecule has 1 aromatic carbocycles. The number of carbonyl (C=O) groups is 2. The minimum Gasteiger partial charge on any atom is -0.355 e. The van der Waals surface area contributed by atoms with Gasteiger partial charge in [0.2, 0.25) is 0 Å². The van der Waals surface area contributed by atoms with E-state index < -0.39 is 0 Å². The van der Waals surface area contributed by atoms with Crippen molar-refractivity contribution in [1.29, 1.82) is 0 Å². The number of nitrogens with zero attached hydrogens (tertiary/aromatic N) is 1. The fourth-order valence-corrected chi connectivity index (χ4v) is 2.49. The third kappa shape index (κ3) is 4.10. The van der Waals surface area contributed by atoms with Gasteiger partial charge in [-0.3, -0.25) is 9.78 Å². The van der Waals surface area contributed by atoms with Crippen molar-refractivity contribution in [3.63, 3.8) is 0 Å². The zero-order valence-electron chi connectivity index (χ0n) is 14.1. The van der Waals surface area contributed by atoms with Gasteiger partial charge in [-0.2, -0.15) is 0 Å². The highest BCUT2D eigenvalue weighted by molar-refractivity contribution is 5.98. The second-order valence-corrected chi connectivity index (χ2v) is 5.40. The van der Waals surface area contributed by atoms with Crippen LogP contribution in [0.1, 0.15) is 40.9 Å². The molecular formula is C18H22N4O2. The van der Waals surface area contributed by atoms with E-state index >= 15 is 0 Å². The molecule has 0 aliphatic heterocycles. The van der Waals surface area contributed by atoms with Gasteiger partial charge in [-0.1, -0.05) is 13.0 Å². The highest BCUT2D eigenvalue weighted by Crippen LogP contribution is 2.20. The molecule has 1 heterocycles. The molecule has 0 aliphatic carbocycles. The number of pyridine rings is 1. The first-order valence-corrected chi connectivity index (χ1v) is 7.86. The van der Waals surface area contributed by atoms with Crippen molar-refractivity contribution in [3.05, 3.63) is 59.4 Å². The maximum absolute atomic E-state index is 12.3. The zero-order valence-corrected chi connectivity index (χ0v) is 14.1. The molecule has 0 unspecified atom stereocenters. The number of nitrogens with one attached hydrogen (secondary N) is 3. The van der Waals surface area contributed by atoms with E-state index in [0.29, 0.717) is 11.3 Å². The van der Waals surface area contributed by atoms with E-state index in [9.17, 15) is 9.59 Å². The average Bonchev–Trinajstić information content (AvgIpc) is 2.61. The van der Waals surface area contributed by atoms with Gasteiger partial charge >= 0.3 is 6.03 Å². The van der Waals surface area contributed by atoms with Gasteiger partial charge in [0.1, 0.15) is 0 Å². The highest BCUT2D eigenvalue weighted by Gasteiger charge is 2.15. The van der Waals surface area contributed by atoms with E-state index in [4.69, 9.17) is 0 Å². The summed E-state index contributed by atoms with van der Waals surface area (Å²) in [7, 11) is 1.58. The van der Waals surface area contributed by atoms with Gasteiger partial charge in [-0.15, -0.1) is 0 Å². The van der Waals surface area contributed by atoms with Crippen LogP contribution in [0.5, 0.6) is 0 Å². The van der Waals surface area contributed by atoms with E-state index in [1.54, 1.807) is 44.6 Å². The molecule has 0 aliphatic rings. The Morgan fingerprint density at radius 2 is 1.88 bits per heavy atom. The summed E-state index contributed by atoms with van der Waals surface area (Å²) in [6.45, 7) is 3.81. The fraction of sp³-hybridized carbons (Fsp3) is 0.278. The first-order chi connectivity index (χ1) is 11.6. The lowest BCUT2D eigenvalue weighted by atomic mass is 10.1. The summed E-state index contributed by atoms with van der Waals surface area (Å²) in [5, 5.41) is 8.35. The van der Waals surface area contributed by atoms with E-state index in [1.807, 2.05) is 19.1 Å². The maximum atomic E-state index is 12.3. The van der Waals surface area contributed by atoms with Gasteiger partial charge in [-0.25, -0.2) is 4.79 Å². The summed E-state index contributed by atoms with van der Waals surface area (Å²) in [6, 6.07) is 8.59. The zero-order chi connectivity index (χ0) is 17.5. The van der Waals surface area contributed by atoms with Crippen LogP contribution in [0.4, 0.5) is 10.5 Å². The Balaban J connectivity index is 2.11. The van der Waals surface area contributed by atoms with Gasteiger partial charge in [0.05, 0.1) is 6.04 Å². The summed E-state index contributed by atoms with van der Waals surface area (Å²) in [4.78, 5) is 28.1. The SMILES string of the molecule is CC[C@@H](NC(=O)Nc1cccc(C(=O)NC)c1C)c1ccncc1. The van der Waals surface area contributed by atoms with Crippen LogP contribution in [0.3, 0.4) is 0 Å². The number of amides is 3. The lowest BCUT2D eigenvalue weighted by Gasteiger charge is -2.19. The van der Waals surface area contributed by atoms with Crippen molar-refractivity contribution in [3.8, 4) is 0 Å². The molecule has 0 bridgehead atoms. The molecule has 3 amide bonds. The second-order valence-electron chi connectivity index (χ2n) is 5.40. The first kappa shape index (κ1) is 17.5. The molecule has 0 saturated carbocycles. The van der Waals surface area contributed by atoms with Crippen molar-refractivity contribution in [2.75, 3.05) is 12.4 Å². The molecule has 1 atom stereocenters. The lowest BCUT2D eigenvalue weighted by molar-refractivity contribution is 0.0962. The monoisotopic (exact) mass is 326 g/mol. The number of hydrogen-bond acceptors (Lipinski definition) is 3. The molecule has 0 fully saturated rings. The average molecular weight is 326 g/mol. The van der Waals surface area contributed by atoms with E-state index in [1.165, 1.54) is 0 Å². The number of anilines is 1. The summed E-state index contributed by atoms with van der Waals surface area (Å²) >= 11 is 0. The normalized spacial score (nSPS) is 11.5. The third-order valence-electron chi connectivity index (χ3n) is 3.88. The van der Waals surface area contributed by atoms with Crippen LogP contribution in [0.25, 0.3) is 0 Å². The van der Waals surface area contributed by atoms with Crippen LogP contribution in [0, 0.1) is 6.92 Å². The Bertz CT molecular complexity index is 716. The van der Waals surface area contributed by atoms with Crippen molar-refractivity contribution in [2.24, 2.45) is 0 Å². The van der Waals surface area contributed by atoms with Gasteiger partial charge in [0.15, 0.2) is 0 Å². The fourth-order valence-electron chi connectivity index (χ4n) is 2.49. The molecule has 2 aromatic rings. The van der Waals surface area contributed by atoms with E-state index in [2.05, 4.69) is 20.9 Å². The predicted octanol–water partition coefficient (Wildman–Crippen LogP) is 3.02. The number of urea groups is 1. The van der Waals surface area contributed by atoms with E-state index in [-0.39, 0.29) is 18.0 Å². The van der Waals surface area contributed by atoms with Crippen molar-refractivity contribution in [2.45, 2.75) is 26.3 Å². The summed E-state index contributed by atoms with van der Waals surface area (Å²) < 4.78 is 0. The Morgan fingerprint density at radius 3 is 2.50 bits per heavy atom. The number of rotatable bonds is 5. The number of carbonyl (C=O) groups excluding carboxylic acids is 2. The van der Waals surface area contributed by atoms with Crippen LogP contribution >= 0.6 is 0 Å². The molecule has 24 heavy (non-hydrogen) atoms. The predicted molar refractivity (Wildman–Crippen MR) is 94.0 cm³/mol. The van der Waals surface area contributed by atoms with Crippen molar-refractivity contribution in [1.82, 2.24) is 15.6 Å². The second kappa shape index (κ2) is 8.10. The highest BCUT2D eigenvalue weighted by atomic mass is 16.2. The van der Waals surface area contributed by atoms with Crippen molar-refractivity contribution < 1.29 is 9.59 Å². The first-order valence-electron chi connectivity index (χ1n) is 7.86. The number of hydrogen-bond donors (Lipinski definition) is 3. The Kier molecular flexibility index (Phi) is 5.89. The molecule has 6 nitrogen and oxygen atoms in total.